The predicted molar refractivity (Wildman–Crippen MR) is 77.1 cm³/mol. The molecule has 0 unspecified atom stereocenters. The second kappa shape index (κ2) is 9.47. The van der Waals surface area contributed by atoms with Gasteiger partial charge in [0.1, 0.15) is 0 Å². The molecule has 2 atom stereocenters. The van der Waals surface area contributed by atoms with E-state index >= 15 is 0 Å². The summed E-state index contributed by atoms with van der Waals surface area (Å²) in [4.78, 5) is 0. The van der Waals surface area contributed by atoms with Gasteiger partial charge in [-0.15, -0.1) is 0 Å². The van der Waals surface area contributed by atoms with Gasteiger partial charge in [-0.05, 0) is 51.4 Å². The lowest BCUT2D eigenvalue weighted by atomic mass is 9.92. The highest BCUT2D eigenvalue weighted by Gasteiger charge is 2.09. The molecule has 0 aromatic rings. The molecule has 0 aliphatic rings. The van der Waals surface area contributed by atoms with Crippen LogP contribution in [0.1, 0.15) is 60.3 Å². The number of rotatable bonds is 8. The Kier molecular flexibility index (Phi) is 9.16. The average Bonchev–Trinajstić information content (AvgIpc) is 2.34. The Labute approximate surface area is 108 Å². The molecule has 0 heterocycles. The van der Waals surface area contributed by atoms with Crippen LogP contribution in [0.15, 0.2) is 23.3 Å². The summed E-state index contributed by atoms with van der Waals surface area (Å²) in [5, 5.41) is 9.07. The number of aliphatic hydroxyl groups is 1. The van der Waals surface area contributed by atoms with Gasteiger partial charge in [-0.1, -0.05) is 44.1 Å². The van der Waals surface area contributed by atoms with E-state index < -0.39 is 0 Å². The van der Waals surface area contributed by atoms with Crippen molar-refractivity contribution in [1.82, 2.24) is 0 Å². The summed E-state index contributed by atoms with van der Waals surface area (Å²) >= 11 is 0. The summed E-state index contributed by atoms with van der Waals surface area (Å²) in [6.07, 6.45) is 9.25. The molecule has 0 fully saturated rings. The fourth-order valence-electron chi connectivity index (χ4n) is 1.59. The van der Waals surface area contributed by atoms with Crippen LogP contribution in [0.3, 0.4) is 0 Å². The van der Waals surface area contributed by atoms with Gasteiger partial charge in [0.25, 0.3) is 0 Å². The lowest BCUT2D eigenvalue weighted by molar-refractivity contribution is 0.196. The minimum Gasteiger partial charge on any atom is -0.396 e. The monoisotopic (exact) mass is 238 g/mol. The van der Waals surface area contributed by atoms with Crippen LogP contribution >= 0.6 is 0 Å². The zero-order valence-electron chi connectivity index (χ0n) is 12.3. The molecule has 0 spiro atoms. The standard InChI is InChI=1S/C16H30O/c1-6-13(2)8-7-9-14(3)10-11-15(4)16(5)12-17/h8,10,15-17H,6-7,9,11-12H2,1-5H3/b13-8+,14-10+/t15-,16+/m0/s1. The van der Waals surface area contributed by atoms with Crippen LogP contribution in [0.4, 0.5) is 0 Å². The molecule has 0 saturated carbocycles. The molecule has 0 bridgehead atoms. The normalized spacial score (nSPS) is 17.1. The van der Waals surface area contributed by atoms with E-state index in [4.69, 9.17) is 5.11 Å². The number of aliphatic hydroxyl groups excluding tert-OH is 1. The summed E-state index contributed by atoms with van der Waals surface area (Å²) in [6.45, 7) is 11.2. The van der Waals surface area contributed by atoms with E-state index in [1.54, 1.807) is 0 Å². The zero-order chi connectivity index (χ0) is 13.3. The number of hydrogen-bond donors (Lipinski definition) is 1. The first-order valence-electron chi connectivity index (χ1n) is 6.93. The molecular formula is C16H30O. The van der Waals surface area contributed by atoms with Gasteiger partial charge in [0, 0.05) is 6.61 Å². The predicted octanol–water partition coefficient (Wildman–Crippen LogP) is 4.72. The second-order valence-corrected chi connectivity index (χ2v) is 5.37. The lowest BCUT2D eigenvalue weighted by Crippen LogP contribution is -2.11. The van der Waals surface area contributed by atoms with Crippen LogP contribution < -0.4 is 0 Å². The number of hydrogen-bond acceptors (Lipinski definition) is 1. The molecule has 0 aliphatic carbocycles. The molecule has 0 aromatic carbocycles. The van der Waals surface area contributed by atoms with Gasteiger partial charge in [0.2, 0.25) is 0 Å². The van der Waals surface area contributed by atoms with Crippen molar-refractivity contribution >= 4 is 0 Å². The quantitative estimate of drug-likeness (QED) is 0.606. The highest BCUT2D eigenvalue weighted by molar-refractivity contribution is 5.03. The maximum Gasteiger partial charge on any atom is 0.0459 e. The van der Waals surface area contributed by atoms with Crippen LogP contribution in [0, 0.1) is 11.8 Å². The van der Waals surface area contributed by atoms with E-state index in [2.05, 4.69) is 46.8 Å². The summed E-state index contributed by atoms with van der Waals surface area (Å²) in [5.74, 6) is 0.976. The molecule has 0 radical (unpaired) electrons. The molecule has 0 aromatic heterocycles. The zero-order valence-corrected chi connectivity index (χ0v) is 12.3. The van der Waals surface area contributed by atoms with Crippen LogP contribution in [0.5, 0.6) is 0 Å². The molecule has 1 N–H and O–H groups in total. The van der Waals surface area contributed by atoms with E-state index in [-0.39, 0.29) is 0 Å². The van der Waals surface area contributed by atoms with Crippen molar-refractivity contribution in [2.75, 3.05) is 6.61 Å². The molecule has 1 nitrogen and oxygen atoms in total. The summed E-state index contributed by atoms with van der Waals surface area (Å²) in [6, 6.07) is 0. The average molecular weight is 238 g/mol. The Morgan fingerprint density at radius 3 is 2.24 bits per heavy atom. The highest BCUT2D eigenvalue weighted by atomic mass is 16.3. The fourth-order valence-corrected chi connectivity index (χ4v) is 1.59. The lowest BCUT2D eigenvalue weighted by Gasteiger charge is -2.15. The second-order valence-electron chi connectivity index (χ2n) is 5.37. The number of allylic oxidation sites excluding steroid dienone is 4. The van der Waals surface area contributed by atoms with Gasteiger partial charge in [-0.2, -0.15) is 0 Å². The minimum absolute atomic E-state index is 0.298. The third-order valence-electron chi connectivity index (χ3n) is 3.69. The van der Waals surface area contributed by atoms with Gasteiger partial charge in [-0.25, -0.2) is 0 Å². The van der Waals surface area contributed by atoms with Crippen LogP contribution in [-0.2, 0) is 0 Å². The summed E-state index contributed by atoms with van der Waals surface area (Å²) < 4.78 is 0. The largest absolute Gasteiger partial charge is 0.396 e. The van der Waals surface area contributed by atoms with Crippen molar-refractivity contribution < 1.29 is 5.11 Å². The van der Waals surface area contributed by atoms with Crippen molar-refractivity contribution in [3.05, 3.63) is 23.3 Å². The first-order valence-corrected chi connectivity index (χ1v) is 6.93. The van der Waals surface area contributed by atoms with E-state index in [1.165, 1.54) is 11.1 Å². The Morgan fingerprint density at radius 1 is 1.06 bits per heavy atom. The summed E-state index contributed by atoms with van der Waals surface area (Å²) in [7, 11) is 0. The van der Waals surface area contributed by atoms with E-state index in [0.717, 1.165) is 25.7 Å². The molecule has 1 heteroatoms. The summed E-state index contributed by atoms with van der Waals surface area (Å²) in [5.41, 5.74) is 2.96. The Hall–Kier alpha value is -0.560. The molecule has 17 heavy (non-hydrogen) atoms. The Balaban J connectivity index is 3.94. The minimum atomic E-state index is 0.298. The van der Waals surface area contributed by atoms with Gasteiger partial charge < -0.3 is 5.11 Å². The third kappa shape index (κ3) is 8.20. The third-order valence-corrected chi connectivity index (χ3v) is 3.69. The van der Waals surface area contributed by atoms with E-state index in [9.17, 15) is 0 Å². The maximum absolute atomic E-state index is 9.07. The van der Waals surface area contributed by atoms with Crippen molar-refractivity contribution in [3.63, 3.8) is 0 Å². The smallest absolute Gasteiger partial charge is 0.0459 e. The fraction of sp³-hybridized carbons (Fsp3) is 0.750. The first-order chi connectivity index (χ1) is 8.01. The van der Waals surface area contributed by atoms with Crippen molar-refractivity contribution in [2.45, 2.75) is 60.3 Å². The SMILES string of the molecule is CC/C(C)=C/CC/C(C)=C/C[C@H](C)[C@H](C)CO. The highest BCUT2D eigenvalue weighted by Crippen LogP contribution is 2.17. The van der Waals surface area contributed by atoms with Crippen LogP contribution in [-0.4, -0.2) is 11.7 Å². The van der Waals surface area contributed by atoms with E-state index in [0.29, 0.717) is 18.4 Å². The van der Waals surface area contributed by atoms with Crippen molar-refractivity contribution in [3.8, 4) is 0 Å². The van der Waals surface area contributed by atoms with Crippen molar-refractivity contribution in [1.29, 1.82) is 0 Å². The Bertz CT molecular complexity index is 250. The van der Waals surface area contributed by atoms with Crippen molar-refractivity contribution in [2.24, 2.45) is 11.8 Å². The molecular weight excluding hydrogens is 208 g/mol. The molecule has 0 saturated heterocycles. The van der Waals surface area contributed by atoms with Gasteiger partial charge in [0.05, 0.1) is 0 Å². The van der Waals surface area contributed by atoms with Gasteiger partial charge in [0.15, 0.2) is 0 Å². The first kappa shape index (κ1) is 16.4. The van der Waals surface area contributed by atoms with Gasteiger partial charge >= 0.3 is 0 Å². The van der Waals surface area contributed by atoms with Crippen LogP contribution in [0.2, 0.25) is 0 Å². The van der Waals surface area contributed by atoms with Gasteiger partial charge in [-0.3, -0.25) is 0 Å². The van der Waals surface area contributed by atoms with Crippen LogP contribution in [0.25, 0.3) is 0 Å². The molecule has 0 amide bonds. The maximum atomic E-state index is 9.07. The topological polar surface area (TPSA) is 20.2 Å². The molecule has 100 valence electrons. The van der Waals surface area contributed by atoms with E-state index in [1.807, 2.05) is 0 Å². The Morgan fingerprint density at radius 2 is 1.71 bits per heavy atom. The molecule has 0 rings (SSSR count). The molecule has 0 aliphatic heterocycles.